The van der Waals surface area contributed by atoms with Crippen molar-refractivity contribution >= 4 is 5.82 Å². The second-order valence-electron chi connectivity index (χ2n) is 6.66. The quantitative estimate of drug-likeness (QED) is 0.885. The van der Waals surface area contributed by atoms with Crippen molar-refractivity contribution < 1.29 is 0 Å². The first-order valence-electron chi connectivity index (χ1n) is 7.51. The van der Waals surface area contributed by atoms with Crippen LogP contribution < -0.4 is 11.1 Å². The number of aromatic nitrogens is 1. The largest absolute Gasteiger partial charge is 0.383 e. The molecule has 1 heterocycles. The van der Waals surface area contributed by atoms with E-state index in [4.69, 9.17) is 5.73 Å². The minimum absolute atomic E-state index is 0.241. The molecule has 1 aromatic carbocycles. The topological polar surface area (TPSA) is 50.9 Å². The van der Waals surface area contributed by atoms with E-state index in [1.165, 1.54) is 12.0 Å². The zero-order valence-corrected chi connectivity index (χ0v) is 12.8. The number of nitrogens with zero attached hydrogens (tertiary/aromatic N) is 1. The van der Waals surface area contributed by atoms with Crippen molar-refractivity contribution in [1.82, 2.24) is 10.3 Å². The first-order chi connectivity index (χ1) is 10.1. The molecule has 21 heavy (non-hydrogen) atoms. The highest BCUT2D eigenvalue weighted by molar-refractivity contribution is 5.39. The Bertz CT molecular complexity index is 621. The predicted molar refractivity (Wildman–Crippen MR) is 86.9 cm³/mol. The zero-order valence-electron chi connectivity index (χ0n) is 12.8. The number of benzene rings is 1. The number of nitrogens with one attached hydrogen (secondary N) is 1. The van der Waals surface area contributed by atoms with Gasteiger partial charge in [0.2, 0.25) is 0 Å². The molecular formula is C18H23N3. The van der Waals surface area contributed by atoms with Gasteiger partial charge in [0.15, 0.2) is 0 Å². The predicted octanol–water partition coefficient (Wildman–Crippen LogP) is 3.12. The fraction of sp³-hybridized carbons (Fsp3) is 0.389. The molecule has 110 valence electrons. The smallest absolute Gasteiger partial charge is 0.127 e. The summed E-state index contributed by atoms with van der Waals surface area (Å²) in [6, 6.07) is 14.8. The van der Waals surface area contributed by atoms with Crippen molar-refractivity contribution in [1.29, 1.82) is 0 Å². The molecule has 1 unspecified atom stereocenters. The van der Waals surface area contributed by atoms with Crippen LogP contribution in [0.3, 0.4) is 0 Å². The first kappa shape index (κ1) is 14.1. The molecule has 0 aliphatic heterocycles. The van der Waals surface area contributed by atoms with Crippen molar-refractivity contribution in [3.8, 4) is 0 Å². The van der Waals surface area contributed by atoms with Crippen molar-refractivity contribution in [3.63, 3.8) is 0 Å². The van der Waals surface area contributed by atoms with Crippen LogP contribution >= 0.6 is 0 Å². The Kier molecular flexibility index (Phi) is 3.46. The SMILES string of the molecule is CC1(C)CC1(CNCc1cccnc1N)c1ccccc1. The third-order valence-electron chi connectivity index (χ3n) is 4.91. The Hall–Kier alpha value is -1.87. The zero-order chi connectivity index (χ0) is 14.9. The molecule has 1 fully saturated rings. The summed E-state index contributed by atoms with van der Waals surface area (Å²) in [5, 5.41) is 3.58. The summed E-state index contributed by atoms with van der Waals surface area (Å²) in [4.78, 5) is 4.13. The van der Waals surface area contributed by atoms with Gasteiger partial charge in [-0.2, -0.15) is 0 Å². The van der Waals surface area contributed by atoms with Crippen LogP contribution in [0.5, 0.6) is 0 Å². The fourth-order valence-corrected chi connectivity index (χ4v) is 3.37. The van der Waals surface area contributed by atoms with Crippen LogP contribution in [0.2, 0.25) is 0 Å². The highest BCUT2D eigenvalue weighted by Gasteiger charge is 2.61. The van der Waals surface area contributed by atoms with Crippen LogP contribution in [-0.4, -0.2) is 11.5 Å². The van der Waals surface area contributed by atoms with Gasteiger partial charge in [-0.25, -0.2) is 4.98 Å². The summed E-state index contributed by atoms with van der Waals surface area (Å²) in [5.74, 6) is 0.619. The van der Waals surface area contributed by atoms with Crippen LogP contribution in [0.25, 0.3) is 0 Å². The molecule has 3 nitrogen and oxygen atoms in total. The molecule has 1 saturated carbocycles. The van der Waals surface area contributed by atoms with Gasteiger partial charge in [-0.1, -0.05) is 50.2 Å². The third-order valence-corrected chi connectivity index (χ3v) is 4.91. The standard InChI is InChI=1S/C18H23N3/c1-17(2)12-18(17,15-8-4-3-5-9-15)13-20-11-14-7-6-10-21-16(14)19/h3-10,20H,11-13H2,1-2H3,(H2,19,21). The molecule has 0 saturated heterocycles. The first-order valence-corrected chi connectivity index (χ1v) is 7.51. The van der Waals surface area contributed by atoms with Crippen LogP contribution in [0, 0.1) is 5.41 Å². The van der Waals surface area contributed by atoms with Crippen molar-refractivity contribution in [2.75, 3.05) is 12.3 Å². The molecule has 1 aromatic heterocycles. The Morgan fingerprint density at radius 2 is 1.86 bits per heavy atom. The van der Waals surface area contributed by atoms with Gasteiger partial charge in [-0.15, -0.1) is 0 Å². The lowest BCUT2D eigenvalue weighted by molar-refractivity contribution is 0.460. The molecular weight excluding hydrogens is 258 g/mol. The molecule has 0 radical (unpaired) electrons. The molecule has 0 spiro atoms. The van der Waals surface area contributed by atoms with Gasteiger partial charge in [-0.05, 0) is 23.5 Å². The van der Waals surface area contributed by atoms with Gasteiger partial charge >= 0.3 is 0 Å². The molecule has 1 aliphatic rings. The van der Waals surface area contributed by atoms with Gasteiger partial charge in [-0.3, -0.25) is 0 Å². The van der Waals surface area contributed by atoms with Gasteiger partial charge < -0.3 is 11.1 Å². The van der Waals surface area contributed by atoms with Crippen molar-refractivity contribution in [2.24, 2.45) is 5.41 Å². The van der Waals surface area contributed by atoms with Crippen LogP contribution in [0.4, 0.5) is 5.82 Å². The maximum atomic E-state index is 5.90. The lowest BCUT2D eigenvalue weighted by atomic mass is 9.88. The molecule has 2 aromatic rings. The number of anilines is 1. The van der Waals surface area contributed by atoms with Gasteiger partial charge in [0.05, 0.1) is 0 Å². The maximum Gasteiger partial charge on any atom is 0.127 e. The molecule has 0 bridgehead atoms. The Balaban J connectivity index is 1.70. The number of nitrogen functional groups attached to an aromatic ring is 1. The van der Waals surface area contributed by atoms with E-state index < -0.39 is 0 Å². The third kappa shape index (κ3) is 2.54. The van der Waals surface area contributed by atoms with Crippen molar-refractivity contribution in [3.05, 3.63) is 59.8 Å². The summed E-state index contributed by atoms with van der Waals surface area (Å²) in [7, 11) is 0. The minimum Gasteiger partial charge on any atom is -0.383 e. The van der Waals surface area contributed by atoms with E-state index in [1.807, 2.05) is 12.1 Å². The van der Waals surface area contributed by atoms with E-state index in [1.54, 1.807) is 6.20 Å². The van der Waals surface area contributed by atoms with E-state index in [0.29, 0.717) is 11.2 Å². The lowest BCUT2D eigenvalue weighted by Gasteiger charge is -2.22. The van der Waals surface area contributed by atoms with E-state index in [9.17, 15) is 0 Å². The summed E-state index contributed by atoms with van der Waals surface area (Å²) < 4.78 is 0. The van der Waals surface area contributed by atoms with Gasteiger partial charge in [0.1, 0.15) is 5.82 Å². The molecule has 1 atom stereocenters. The van der Waals surface area contributed by atoms with Crippen LogP contribution in [0.1, 0.15) is 31.4 Å². The van der Waals surface area contributed by atoms with Crippen LogP contribution in [-0.2, 0) is 12.0 Å². The Morgan fingerprint density at radius 1 is 1.14 bits per heavy atom. The minimum atomic E-state index is 0.241. The number of hydrogen-bond donors (Lipinski definition) is 2. The number of pyridine rings is 1. The fourth-order valence-electron chi connectivity index (χ4n) is 3.37. The van der Waals surface area contributed by atoms with Gasteiger partial charge in [0, 0.05) is 30.3 Å². The molecule has 0 amide bonds. The molecule has 3 rings (SSSR count). The highest BCUT2D eigenvalue weighted by atomic mass is 14.9. The van der Waals surface area contributed by atoms with E-state index in [0.717, 1.165) is 18.7 Å². The molecule has 1 aliphatic carbocycles. The van der Waals surface area contributed by atoms with Gasteiger partial charge in [0.25, 0.3) is 0 Å². The summed E-state index contributed by atoms with van der Waals surface area (Å²) >= 11 is 0. The monoisotopic (exact) mass is 281 g/mol. The highest BCUT2D eigenvalue weighted by Crippen LogP contribution is 2.63. The average Bonchev–Trinajstić information content (AvgIpc) is 3.05. The van der Waals surface area contributed by atoms with Crippen molar-refractivity contribution in [2.45, 2.75) is 32.2 Å². The maximum absolute atomic E-state index is 5.90. The lowest BCUT2D eigenvalue weighted by Crippen LogP contribution is -2.30. The second kappa shape index (κ2) is 5.15. The molecule has 3 N–H and O–H groups in total. The summed E-state index contributed by atoms with van der Waals surface area (Å²) in [5.41, 5.74) is 8.99. The number of nitrogens with two attached hydrogens (primary N) is 1. The average molecular weight is 281 g/mol. The Morgan fingerprint density at radius 3 is 2.48 bits per heavy atom. The normalized spacial score (nSPS) is 23.0. The molecule has 3 heteroatoms. The summed E-state index contributed by atoms with van der Waals surface area (Å²) in [6.45, 7) is 6.43. The van der Waals surface area contributed by atoms with E-state index in [2.05, 4.69) is 54.5 Å². The van der Waals surface area contributed by atoms with E-state index >= 15 is 0 Å². The Labute approximate surface area is 126 Å². The van der Waals surface area contributed by atoms with E-state index in [-0.39, 0.29) is 5.41 Å². The second-order valence-corrected chi connectivity index (χ2v) is 6.66. The number of rotatable bonds is 5. The number of hydrogen-bond acceptors (Lipinski definition) is 3. The van der Waals surface area contributed by atoms with Crippen LogP contribution in [0.15, 0.2) is 48.7 Å². The summed E-state index contributed by atoms with van der Waals surface area (Å²) in [6.07, 6.45) is 2.95.